The number of carboxylic acids is 1. The number of aliphatic carboxylic acids is 1. The molecule has 1 aliphatic heterocycles. The molecule has 2 aromatic heterocycles. The number of aromatic nitrogens is 2. The number of carbonyl (C=O) groups excluding carboxylic acids is 1. The maximum atomic E-state index is 12.4. The molecule has 120 valence electrons. The molecule has 0 bridgehead atoms. The van der Waals surface area contributed by atoms with Crippen LogP contribution in [0.4, 0.5) is 0 Å². The lowest BCUT2D eigenvalue weighted by Crippen LogP contribution is -2.35. The van der Waals surface area contributed by atoms with E-state index in [0.717, 1.165) is 10.6 Å². The van der Waals surface area contributed by atoms with Gasteiger partial charge < -0.3 is 10.0 Å². The molecule has 1 atom stereocenters. The first-order valence-corrected chi connectivity index (χ1v) is 8.22. The molecule has 1 unspecified atom stereocenters. The Balaban J connectivity index is 1.66. The summed E-state index contributed by atoms with van der Waals surface area (Å²) in [6.45, 7) is 2.44. The van der Waals surface area contributed by atoms with Crippen LogP contribution < -0.4 is 0 Å². The molecule has 0 spiro atoms. The fourth-order valence-corrected chi connectivity index (χ4v) is 3.44. The van der Waals surface area contributed by atoms with Crippen molar-refractivity contribution in [2.24, 2.45) is 5.41 Å². The van der Waals surface area contributed by atoms with E-state index >= 15 is 0 Å². The van der Waals surface area contributed by atoms with Crippen molar-refractivity contribution in [3.05, 3.63) is 35.6 Å². The SMILES string of the molecule is CC1(C(=O)O)CCN(C(=O)Cc2csc(-c3cccnc3)n2)C1. The van der Waals surface area contributed by atoms with Crippen LogP contribution in [0.15, 0.2) is 29.9 Å². The molecule has 2 aromatic rings. The average molecular weight is 331 g/mol. The second-order valence-corrected chi connectivity index (χ2v) is 6.85. The highest BCUT2D eigenvalue weighted by molar-refractivity contribution is 7.13. The molecular formula is C16H17N3O3S. The highest BCUT2D eigenvalue weighted by atomic mass is 32.1. The van der Waals surface area contributed by atoms with Gasteiger partial charge in [-0.15, -0.1) is 11.3 Å². The van der Waals surface area contributed by atoms with Gasteiger partial charge in [0.25, 0.3) is 0 Å². The molecule has 0 aromatic carbocycles. The number of nitrogens with zero attached hydrogens (tertiary/aromatic N) is 3. The van der Waals surface area contributed by atoms with E-state index in [0.29, 0.717) is 18.7 Å². The van der Waals surface area contributed by atoms with Gasteiger partial charge in [0.2, 0.25) is 5.91 Å². The molecule has 1 aliphatic rings. The summed E-state index contributed by atoms with van der Waals surface area (Å²) in [6.07, 6.45) is 4.14. The number of hydrogen-bond acceptors (Lipinski definition) is 5. The second-order valence-electron chi connectivity index (χ2n) is 5.99. The summed E-state index contributed by atoms with van der Waals surface area (Å²) >= 11 is 1.48. The zero-order valence-corrected chi connectivity index (χ0v) is 13.5. The van der Waals surface area contributed by atoms with Gasteiger partial charge in [0, 0.05) is 36.4 Å². The monoisotopic (exact) mass is 331 g/mol. The Labute approximate surface area is 137 Å². The molecule has 3 heterocycles. The molecule has 0 saturated carbocycles. The molecule has 23 heavy (non-hydrogen) atoms. The molecule has 7 heteroatoms. The van der Waals surface area contributed by atoms with Crippen LogP contribution in [0.3, 0.4) is 0 Å². The summed E-state index contributed by atoms with van der Waals surface area (Å²) in [7, 11) is 0. The van der Waals surface area contributed by atoms with Crippen molar-refractivity contribution < 1.29 is 14.7 Å². The lowest BCUT2D eigenvalue weighted by molar-refractivity contribution is -0.147. The summed E-state index contributed by atoms with van der Waals surface area (Å²) in [6, 6.07) is 3.77. The third-order valence-corrected chi connectivity index (χ3v) is 5.08. The smallest absolute Gasteiger partial charge is 0.311 e. The number of likely N-dealkylation sites (tertiary alicyclic amines) is 1. The van der Waals surface area contributed by atoms with E-state index in [9.17, 15) is 14.7 Å². The summed E-state index contributed by atoms with van der Waals surface area (Å²) in [5, 5.41) is 11.9. The lowest BCUT2D eigenvalue weighted by atomic mass is 9.90. The molecule has 1 amide bonds. The molecule has 0 radical (unpaired) electrons. The largest absolute Gasteiger partial charge is 0.481 e. The highest BCUT2D eigenvalue weighted by Crippen LogP contribution is 2.30. The van der Waals surface area contributed by atoms with Crippen LogP contribution in [-0.4, -0.2) is 44.9 Å². The van der Waals surface area contributed by atoms with Gasteiger partial charge in [0.05, 0.1) is 17.5 Å². The van der Waals surface area contributed by atoms with E-state index in [1.54, 1.807) is 24.2 Å². The molecule has 0 aliphatic carbocycles. The second kappa shape index (κ2) is 6.08. The molecule has 6 nitrogen and oxygen atoms in total. The summed E-state index contributed by atoms with van der Waals surface area (Å²) in [4.78, 5) is 33.8. The van der Waals surface area contributed by atoms with E-state index in [1.807, 2.05) is 17.5 Å². The van der Waals surface area contributed by atoms with E-state index in [1.165, 1.54) is 11.3 Å². The Morgan fingerprint density at radius 3 is 2.96 bits per heavy atom. The maximum Gasteiger partial charge on any atom is 0.311 e. The number of thiazole rings is 1. The predicted octanol–water partition coefficient (Wildman–Crippen LogP) is 2.07. The maximum absolute atomic E-state index is 12.4. The van der Waals surface area contributed by atoms with E-state index < -0.39 is 11.4 Å². The third-order valence-electron chi connectivity index (χ3n) is 4.13. The Morgan fingerprint density at radius 2 is 2.30 bits per heavy atom. The van der Waals surface area contributed by atoms with Crippen molar-refractivity contribution >= 4 is 23.2 Å². The standard InChI is InChI=1S/C16H17N3O3S/c1-16(15(21)22)4-6-19(10-16)13(20)7-12-9-23-14(18-12)11-3-2-5-17-8-11/h2-3,5,8-9H,4,6-7,10H2,1H3,(H,21,22). The Morgan fingerprint density at radius 1 is 1.48 bits per heavy atom. The van der Waals surface area contributed by atoms with Crippen molar-refractivity contribution in [2.45, 2.75) is 19.8 Å². The Bertz CT molecular complexity index is 731. The number of amides is 1. The van der Waals surface area contributed by atoms with Crippen molar-refractivity contribution in [2.75, 3.05) is 13.1 Å². The average Bonchev–Trinajstić information content (AvgIpc) is 3.16. The van der Waals surface area contributed by atoms with E-state index in [-0.39, 0.29) is 18.9 Å². The zero-order valence-electron chi connectivity index (χ0n) is 12.7. The Hall–Kier alpha value is -2.28. The summed E-state index contributed by atoms with van der Waals surface area (Å²) in [5.41, 5.74) is 0.803. The predicted molar refractivity (Wildman–Crippen MR) is 86.0 cm³/mol. The number of pyridine rings is 1. The van der Waals surface area contributed by atoms with Gasteiger partial charge in [-0.3, -0.25) is 14.6 Å². The minimum Gasteiger partial charge on any atom is -0.481 e. The molecular weight excluding hydrogens is 314 g/mol. The first kappa shape index (κ1) is 15.6. The van der Waals surface area contributed by atoms with Gasteiger partial charge in [0.15, 0.2) is 0 Å². The van der Waals surface area contributed by atoms with Crippen molar-refractivity contribution in [3.8, 4) is 10.6 Å². The van der Waals surface area contributed by atoms with Crippen LogP contribution in [-0.2, 0) is 16.0 Å². The van der Waals surface area contributed by atoms with Crippen LogP contribution in [0.5, 0.6) is 0 Å². The van der Waals surface area contributed by atoms with Crippen LogP contribution in [0.25, 0.3) is 10.6 Å². The number of carbonyl (C=O) groups is 2. The number of hydrogen-bond donors (Lipinski definition) is 1. The molecule has 1 N–H and O–H groups in total. The highest BCUT2D eigenvalue weighted by Gasteiger charge is 2.42. The van der Waals surface area contributed by atoms with Gasteiger partial charge in [-0.05, 0) is 25.5 Å². The van der Waals surface area contributed by atoms with Crippen LogP contribution in [0, 0.1) is 5.41 Å². The van der Waals surface area contributed by atoms with Crippen molar-refractivity contribution in [1.29, 1.82) is 0 Å². The number of rotatable bonds is 4. The van der Waals surface area contributed by atoms with Gasteiger partial charge in [-0.25, -0.2) is 4.98 Å². The normalized spacial score (nSPS) is 20.7. The van der Waals surface area contributed by atoms with Crippen molar-refractivity contribution in [3.63, 3.8) is 0 Å². The van der Waals surface area contributed by atoms with Crippen molar-refractivity contribution in [1.82, 2.24) is 14.9 Å². The van der Waals surface area contributed by atoms with E-state index in [2.05, 4.69) is 9.97 Å². The zero-order chi connectivity index (χ0) is 16.4. The topological polar surface area (TPSA) is 83.4 Å². The lowest BCUT2D eigenvalue weighted by Gasteiger charge is -2.19. The van der Waals surface area contributed by atoms with Gasteiger partial charge in [0.1, 0.15) is 5.01 Å². The van der Waals surface area contributed by atoms with Gasteiger partial charge in [-0.2, -0.15) is 0 Å². The molecule has 1 saturated heterocycles. The minimum atomic E-state index is -0.847. The minimum absolute atomic E-state index is 0.0713. The van der Waals surface area contributed by atoms with Crippen LogP contribution >= 0.6 is 11.3 Å². The number of carboxylic acid groups (broad SMARTS) is 1. The first-order chi connectivity index (χ1) is 11.0. The summed E-state index contributed by atoms with van der Waals surface area (Å²) < 4.78 is 0. The molecule has 1 fully saturated rings. The summed E-state index contributed by atoms with van der Waals surface area (Å²) in [5.74, 6) is -0.918. The van der Waals surface area contributed by atoms with Gasteiger partial charge >= 0.3 is 5.97 Å². The quantitative estimate of drug-likeness (QED) is 0.927. The van der Waals surface area contributed by atoms with E-state index in [4.69, 9.17) is 0 Å². The fourth-order valence-electron chi connectivity index (χ4n) is 2.63. The molecule has 3 rings (SSSR count). The van der Waals surface area contributed by atoms with Gasteiger partial charge in [-0.1, -0.05) is 0 Å². The first-order valence-electron chi connectivity index (χ1n) is 7.34. The fraction of sp³-hybridized carbons (Fsp3) is 0.375. The van der Waals surface area contributed by atoms with Crippen LogP contribution in [0.1, 0.15) is 19.0 Å². The third kappa shape index (κ3) is 3.24. The van der Waals surface area contributed by atoms with Crippen LogP contribution in [0.2, 0.25) is 0 Å². The Kier molecular flexibility index (Phi) is 4.12.